The first-order valence-corrected chi connectivity index (χ1v) is 10.2. The molecule has 2 aromatic carbocycles. The normalized spacial score (nSPS) is 14.2. The summed E-state index contributed by atoms with van der Waals surface area (Å²) in [6, 6.07) is 13.7. The van der Waals surface area contributed by atoms with Crippen LogP contribution in [0.1, 0.15) is 66.5 Å². The van der Waals surface area contributed by atoms with Gasteiger partial charge in [0.2, 0.25) is 5.91 Å². The molecule has 0 radical (unpaired) electrons. The van der Waals surface area contributed by atoms with Gasteiger partial charge in [-0.2, -0.15) is 0 Å². The quantitative estimate of drug-likeness (QED) is 0.689. The lowest BCUT2D eigenvalue weighted by atomic mass is 9.81. The van der Waals surface area contributed by atoms with E-state index in [1.807, 2.05) is 72.7 Å². The summed E-state index contributed by atoms with van der Waals surface area (Å²) in [5, 5.41) is 8.27. The van der Waals surface area contributed by atoms with E-state index in [1.165, 1.54) is 0 Å². The Morgan fingerprint density at radius 2 is 1.59 bits per heavy atom. The van der Waals surface area contributed by atoms with E-state index in [4.69, 9.17) is 4.74 Å². The third-order valence-corrected chi connectivity index (χ3v) is 5.19. The van der Waals surface area contributed by atoms with E-state index in [9.17, 15) is 9.59 Å². The number of hydrogen-bond acceptors (Lipinski definition) is 3. The predicted molar refractivity (Wildman–Crippen MR) is 118 cm³/mol. The average molecular weight is 399 g/mol. The van der Waals surface area contributed by atoms with Crippen molar-refractivity contribution in [1.29, 1.82) is 0 Å². The van der Waals surface area contributed by atoms with Crippen LogP contribution < -0.4 is 10.6 Å². The second kappa shape index (κ2) is 8.85. The number of nitrogens with one attached hydrogen (secondary N) is 2. The number of hydrogen-bond donors (Lipinski definition) is 2. The van der Waals surface area contributed by atoms with Crippen LogP contribution in [0.25, 0.3) is 10.8 Å². The SMILES string of the molecule is CC[C@H](NC(=O)OC(C)(C)C)C(C)(C)C(=O)N[C@@H](C)c1cccc2ccccc12. The molecule has 2 atom stereocenters. The van der Waals surface area contributed by atoms with Crippen LogP contribution in [-0.4, -0.2) is 23.6 Å². The zero-order valence-corrected chi connectivity index (χ0v) is 18.6. The summed E-state index contributed by atoms with van der Waals surface area (Å²) in [5.41, 5.74) is -0.317. The predicted octanol–water partition coefficient (Wildman–Crippen LogP) is 5.35. The molecule has 0 saturated heterocycles. The van der Waals surface area contributed by atoms with Gasteiger partial charge in [0, 0.05) is 6.04 Å². The number of amides is 2. The Balaban J connectivity index is 2.15. The number of carbonyl (C=O) groups is 2. The lowest BCUT2D eigenvalue weighted by Crippen LogP contribution is -2.53. The van der Waals surface area contributed by atoms with Crippen LogP contribution in [0.4, 0.5) is 4.79 Å². The second-order valence-corrected chi connectivity index (χ2v) is 9.09. The van der Waals surface area contributed by atoms with E-state index in [0.29, 0.717) is 6.42 Å². The minimum absolute atomic E-state index is 0.110. The maximum Gasteiger partial charge on any atom is 0.407 e. The Kier molecular flexibility index (Phi) is 6.93. The Hall–Kier alpha value is -2.56. The summed E-state index contributed by atoms with van der Waals surface area (Å²) >= 11 is 0. The molecule has 5 nitrogen and oxygen atoms in total. The van der Waals surface area contributed by atoms with Gasteiger partial charge in [-0.15, -0.1) is 0 Å². The smallest absolute Gasteiger partial charge is 0.407 e. The molecule has 29 heavy (non-hydrogen) atoms. The monoisotopic (exact) mass is 398 g/mol. The molecule has 2 N–H and O–H groups in total. The lowest BCUT2D eigenvalue weighted by Gasteiger charge is -2.34. The van der Waals surface area contributed by atoms with Crippen molar-refractivity contribution in [2.75, 3.05) is 0 Å². The number of alkyl carbamates (subject to hydrolysis) is 1. The van der Waals surface area contributed by atoms with Gasteiger partial charge in [0.1, 0.15) is 5.60 Å². The van der Waals surface area contributed by atoms with Gasteiger partial charge in [-0.25, -0.2) is 4.79 Å². The molecule has 2 amide bonds. The molecule has 0 aliphatic rings. The summed E-state index contributed by atoms with van der Waals surface area (Å²) < 4.78 is 5.36. The maximum absolute atomic E-state index is 13.1. The molecule has 0 aliphatic heterocycles. The Bertz CT molecular complexity index is 863. The van der Waals surface area contributed by atoms with E-state index in [-0.39, 0.29) is 18.0 Å². The van der Waals surface area contributed by atoms with E-state index >= 15 is 0 Å². The van der Waals surface area contributed by atoms with Crippen molar-refractivity contribution in [2.45, 2.75) is 72.6 Å². The lowest BCUT2D eigenvalue weighted by molar-refractivity contribution is -0.131. The topological polar surface area (TPSA) is 67.4 Å². The van der Waals surface area contributed by atoms with E-state index in [0.717, 1.165) is 16.3 Å². The van der Waals surface area contributed by atoms with Crippen molar-refractivity contribution < 1.29 is 14.3 Å². The fourth-order valence-electron chi connectivity index (χ4n) is 3.49. The summed E-state index contributed by atoms with van der Waals surface area (Å²) in [6.45, 7) is 13.1. The van der Waals surface area contributed by atoms with Crippen LogP contribution in [0, 0.1) is 5.41 Å². The van der Waals surface area contributed by atoms with Crippen molar-refractivity contribution in [2.24, 2.45) is 5.41 Å². The van der Waals surface area contributed by atoms with Gasteiger partial charge in [0.15, 0.2) is 0 Å². The summed E-state index contributed by atoms with van der Waals surface area (Å²) in [6.07, 6.45) is 0.106. The van der Waals surface area contributed by atoms with E-state index in [2.05, 4.69) is 28.8 Å². The number of ether oxygens (including phenoxy) is 1. The van der Waals surface area contributed by atoms with Gasteiger partial charge in [0.05, 0.1) is 11.5 Å². The third kappa shape index (κ3) is 5.72. The third-order valence-electron chi connectivity index (χ3n) is 5.19. The zero-order chi connectivity index (χ0) is 21.8. The molecule has 2 aromatic rings. The average Bonchev–Trinajstić information content (AvgIpc) is 2.63. The second-order valence-electron chi connectivity index (χ2n) is 9.09. The van der Waals surface area contributed by atoms with Gasteiger partial charge in [-0.05, 0) is 64.3 Å². The van der Waals surface area contributed by atoms with Crippen LogP contribution in [0.3, 0.4) is 0 Å². The van der Waals surface area contributed by atoms with Crippen molar-refractivity contribution in [1.82, 2.24) is 10.6 Å². The first-order chi connectivity index (χ1) is 13.5. The first-order valence-electron chi connectivity index (χ1n) is 10.2. The van der Waals surface area contributed by atoms with E-state index in [1.54, 1.807) is 0 Å². The van der Waals surface area contributed by atoms with Crippen molar-refractivity contribution in [3.05, 3.63) is 48.0 Å². The highest BCUT2D eigenvalue weighted by atomic mass is 16.6. The summed E-state index contributed by atoms with van der Waals surface area (Å²) in [5.74, 6) is -0.110. The standard InChI is InChI=1S/C24H34N2O3/c1-8-20(26-22(28)29-23(3,4)5)24(6,7)21(27)25-16(2)18-15-11-13-17-12-9-10-14-19(17)18/h9-16,20H,8H2,1-7H3,(H,25,27)(H,26,28)/t16-,20-/m0/s1. The van der Waals surface area contributed by atoms with Crippen LogP contribution >= 0.6 is 0 Å². The molecule has 0 unspecified atom stereocenters. The van der Waals surface area contributed by atoms with Gasteiger partial charge in [0.25, 0.3) is 0 Å². The van der Waals surface area contributed by atoms with Crippen LogP contribution in [0.2, 0.25) is 0 Å². The fraction of sp³-hybridized carbons (Fsp3) is 0.500. The van der Waals surface area contributed by atoms with Crippen molar-refractivity contribution in [3.8, 4) is 0 Å². The Morgan fingerprint density at radius 3 is 2.21 bits per heavy atom. The number of benzene rings is 2. The highest BCUT2D eigenvalue weighted by Gasteiger charge is 2.38. The first kappa shape index (κ1) is 22.7. The van der Waals surface area contributed by atoms with Crippen LogP contribution in [-0.2, 0) is 9.53 Å². The molecular weight excluding hydrogens is 364 g/mol. The van der Waals surface area contributed by atoms with E-state index < -0.39 is 17.1 Å². The Labute approximate surface area is 174 Å². The highest BCUT2D eigenvalue weighted by molar-refractivity contribution is 5.88. The van der Waals surface area contributed by atoms with Gasteiger partial charge in [-0.1, -0.05) is 49.4 Å². The molecule has 0 aromatic heterocycles. The minimum Gasteiger partial charge on any atom is -0.444 e. The minimum atomic E-state index is -0.801. The molecule has 0 fully saturated rings. The molecule has 0 saturated carbocycles. The highest BCUT2D eigenvalue weighted by Crippen LogP contribution is 2.28. The maximum atomic E-state index is 13.1. The van der Waals surface area contributed by atoms with Gasteiger partial charge >= 0.3 is 6.09 Å². The molecule has 0 spiro atoms. The van der Waals surface area contributed by atoms with Gasteiger partial charge < -0.3 is 15.4 Å². The molecule has 0 aliphatic carbocycles. The number of fused-ring (bicyclic) bond motifs is 1. The van der Waals surface area contributed by atoms with Crippen molar-refractivity contribution in [3.63, 3.8) is 0 Å². The fourth-order valence-corrected chi connectivity index (χ4v) is 3.49. The van der Waals surface area contributed by atoms with Gasteiger partial charge in [-0.3, -0.25) is 4.79 Å². The Morgan fingerprint density at radius 1 is 0.966 bits per heavy atom. The molecular formula is C24H34N2O3. The zero-order valence-electron chi connectivity index (χ0n) is 18.6. The molecule has 0 heterocycles. The summed E-state index contributed by atoms with van der Waals surface area (Å²) in [4.78, 5) is 25.4. The van der Waals surface area contributed by atoms with Crippen molar-refractivity contribution >= 4 is 22.8 Å². The van der Waals surface area contributed by atoms with Crippen LogP contribution in [0.15, 0.2) is 42.5 Å². The largest absolute Gasteiger partial charge is 0.444 e. The summed E-state index contributed by atoms with van der Waals surface area (Å²) in [7, 11) is 0. The number of rotatable bonds is 6. The molecule has 5 heteroatoms. The number of carbonyl (C=O) groups excluding carboxylic acids is 2. The molecule has 158 valence electrons. The van der Waals surface area contributed by atoms with Crippen LogP contribution in [0.5, 0.6) is 0 Å². The molecule has 2 rings (SSSR count). The molecule has 0 bridgehead atoms.